The van der Waals surface area contributed by atoms with Gasteiger partial charge in [0.25, 0.3) is 0 Å². The Morgan fingerprint density at radius 2 is 2.11 bits per heavy atom. The quantitative estimate of drug-likeness (QED) is 0.933. The zero-order valence-electron chi connectivity index (χ0n) is 10.9. The topological polar surface area (TPSA) is 61.0 Å². The van der Waals surface area contributed by atoms with Gasteiger partial charge in [-0.05, 0) is 42.7 Å². The molecule has 0 aliphatic heterocycles. The van der Waals surface area contributed by atoms with Crippen molar-refractivity contribution in [3.05, 3.63) is 17.8 Å². The lowest BCUT2D eigenvalue weighted by atomic mass is 9.80. The van der Waals surface area contributed by atoms with Crippen molar-refractivity contribution in [3.8, 4) is 5.88 Å². The maximum atomic E-state index is 5.95. The van der Waals surface area contributed by atoms with Gasteiger partial charge < -0.3 is 10.5 Å². The Labute approximate surface area is 117 Å². The minimum Gasteiger partial charge on any atom is -0.476 e. The Morgan fingerprint density at radius 3 is 2.95 bits per heavy atom. The number of rotatable bonds is 4. The third-order valence-corrected chi connectivity index (χ3v) is 4.91. The van der Waals surface area contributed by atoms with Gasteiger partial charge in [0.2, 0.25) is 5.88 Å². The van der Waals surface area contributed by atoms with E-state index in [0.29, 0.717) is 11.8 Å². The van der Waals surface area contributed by atoms with E-state index in [2.05, 4.69) is 9.97 Å². The summed E-state index contributed by atoms with van der Waals surface area (Å²) in [6.07, 6.45) is 6.64. The van der Waals surface area contributed by atoms with Crippen molar-refractivity contribution in [2.75, 3.05) is 13.2 Å². The highest BCUT2D eigenvalue weighted by Crippen LogP contribution is 2.31. The third-order valence-electron chi connectivity index (χ3n) is 4.01. The van der Waals surface area contributed by atoms with Crippen LogP contribution in [0.3, 0.4) is 0 Å². The fourth-order valence-electron chi connectivity index (χ4n) is 2.87. The maximum absolute atomic E-state index is 5.95. The van der Waals surface area contributed by atoms with Crippen molar-refractivity contribution in [2.45, 2.75) is 25.7 Å². The molecule has 0 bridgehead atoms. The number of aromatic nitrogens is 2. The van der Waals surface area contributed by atoms with Crippen LogP contribution < -0.4 is 10.5 Å². The van der Waals surface area contributed by atoms with Crippen LogP contribution >= 0.6 is 11.3 Å². The van der Waals surface area contributed by atoms with Crippen LogP contribution in [0.15, 0.2) is 17.8 Å². The average Bonchev–Trinajstić information content (AvgIpc) is 2.94. The van der Waals surface area contributed by atoms with E-state index in [-0.39, 0.29) is 0 Å². The van der Waals surface area contributed by atoms with Crippen LogP contribution in [0.2, 0.25) is 0 Å². The van der Waals surface area contributed by atoms with E-state index in [1.54, 1.807) is 17.7 Å². The standard InChI is InChI=1S/C14H19N3OS/c15-7-10-3-1-2-4-11(10)8-18-14-13-12(5-6-19-13)16-9-17-14/h5-6,9-11H,1-4,7-8,15H2. The second kappa shape index (κ2) is 5.84. The summed E-state index contributed by atoms with van der Waals surface area (Å²) < 4.78 is 7.00. The van der Waals surface area contributed by atoms with Crippen molar-refractivity contribution in [1.29, 1.82) is 0 Å². The molecule has 0 saturated heterocycles. The van der Waals surface area contributed by atoms with Gasteiger partial charge in [0, 0.05) is 0 Å². The molecule has 1 aliphatic carbocycles. The first-order chi connectivity index (χ1) is 9.38. The van der Waals surface area contributed by atoms with Crippen LogP contribution in [0.1, 0.15) is 25.7 Å². The van der Waals surface area contributed by atoms with Gasteiger partial charge in [-0.1, -0.05) is 12.8 Å². The minimum atomic E-state index is 0.573. The van der Waals surface area contributed by atoms with Crippen LogP contribution in [0, 0.1) is 11.8 Å². The highest BCUT2D eigenvalue weighted by Gasteiger charge is 2.24. The number of ether oxygens (including phenoxy) is 1. The molecule has 19 heavy (non-hydrogen) atoms. The maximum Gasteiger partial charge on any atom is 0.234 e. The lowest BCUT2D eigenvalue weighted by Gasteiger charge is -2.30. The molecule has 1 fully saturated rings. The van der Waals surface area contributed by atoms with E-state index in [1.807, 2.05) is 11.4 Å². The molecule has 0 aromatic carbocycles. The summed E-state index contributed by atoms with van der Waals surface area (Å²) in [5, 5.41) is 2.02. The molecule has 102 valence electrons. The zero-order valence-corrected chi connectivity index (χ0v) is 11.7. The van der Waals surface area contributed by atoms with Crippen LogP contribution in [0.4, 0.5) is 0 Å². The van der Waals surface area contributed by atoms with Gasteiger partial charge in [-0.2, -0.15) is 0 Å². The van der Waals surface area contributed by atoms with Gasteiger partial charge in [0.15, 0.2) is 0 Å². The summed E-state index contributed by atoms with van der Waals surface area (Å²) in [6, 6.07) is 2.00. The second-order valence-electron chi connectivity index (χ2n) is 5.17. The van der Waals surface area contributed by atoms with E-state index < -0.39 is 0 Å². The predicted molar refractivity (Wildman–Crippen MR) is 77.4 cm³/mol. The SMILES string of the molecule is NCC1CCCCC1COc1ncnc2ccsc12. The van der Waals surface area contributed by atoms with Crippen molar-refractivity contribution < 1.29 is 4.74 Å². The summed E-state index contributed by atoms with van der Waals surface area (Å²) in [5.74, 6) is 1.90. The van der Waals surface area contributed by atoms with Crippen molar-refractivity contribution >= 4 is 21.6 Å². The van der Waals surface area contributed by atoms with Gasteiger partial charge in [-0.15, -0.1) is 11.3 Å². The normalized spacial score (nSPS) is 23.6. The molecule has 2 N–H and O–H groups in total. The molecule has 3 rings (SSSR count). The molecule has 2 heterocycles. The van der Waals surface area contributed by atoms with Gasteiger partial charge in [-0.25, -0.2) is 9.97 Å². The minimum absolute atomic E-state index is 0.573. The summed E-state index contributed by atoms with van der Waals surface area (Å²) in [5.41, 5.74) is 6.82. The number of thiophene rings is 1. The number of hydrogen-bond donors (Lipinski definition) is 1. The Bertz CT molecular complexity index is 542. The van der Waals surface area contributed by atoms with Crippen molar-refractivity contribution in [1.82, 2.24) is 9.97 Å². The highest BCUT2D eigenvalue weighted by atomic mass is 32.1. The fraction of sp³-hybridized carbons (Fsp3) is 0.571. The van der Waals surface area contributed by atoms with Crippen LogP contribution in [0.25, 0.3) is 10.2 Å². The van der Waals surface area contributed by atoms with E-state index >= 15 is 0 Å². The number of hydrogen-bond acceptors (Lipinski definition) is 5. The molecule has 2 unspecified atom stereocenters. The number of nitrogens with zero attached hydrogens (tertiary/aromatic N) is 2. The number of fused-ring (bicyclic) bond motifs is 1. The van der Waals surface area contributed by atoms with Gasteiger partial charge >= 0.3 is 0 Å². The molecule has 0 amide bonds. The Morgan fingerprint density at radius 1 is 1.26 bits per heavy atom. The summed E-state index contributed by atoms with van der Waals surface area (Å²) in [7, 11) is 0. The first-order valence-electron chi connectivity index (χ1n) is 6.89. The van der Waals surface area contributed by atoms with Crippen molar-refractivity contribution in [3.63, 3.8) is 0 Å². The van der Waals surface area contributed by atoms with E-state index in [0.717, 1.165) is 29.2 Å². The average molecular weight is 277 g/mol. The molecule has 2 atom stereocenters. The largest absolute Gasteiger partial charge is 0.476 e. The molecule has 2 aromatic rings. The summed E-state index contributed by atoms with van der Waals surface area (Å²) in [6.45, 7) is 1.50. The van der Waals surface area contributed by atoms with Gasteiger partial charge in [-0.3, -0.25) is 0 Å². The lowest BCUT2D eigenvalue weighted by Crippen LogP contribution is -2.30. The summed E-state index contributed by atoms with van der Waals surface area (Å²) >= 11 is 1.63. The Kier molecular flexibility index (Phi) is 3.94. The number of nitrogens with two attached hydrogens (primary N) is 1. The molecule has 1 saturated carbocycles. The third kappa shape index (κ3) is 2.72. The first kappa shape index (κ1) is 12.8. The molecule has 5 heteroatoms. The van der Waals surface area contributed by atoms with Gasteiger partial charge in [0.05, 0.1) is 12.1 Å². The fourth-order valence-corrected chi connectivity index (χ4v) is 3.66. The van der Waals surface area contributed by atoms with Crippen LogP contribution in [-0.4, -0.2) is 23.1 Å². The molecule has 1 aliphatic rings. The first-order valence-corrected chi connectivity index (χ1v) is 7.77. The van der Waals surface area contributed by atoms with E-state index in [1.165, 1.54) is 25.7 Å². The Hall–Kier alpha value is -1.20. The molecule has 2 aromatic heterocycles. The predicted octanol–water partition coefficient (Wildman–Crippen LogP) is 2.84. The van der Waals surface area contributed by atoms with E-state index in [9.17, 15) is 0 Å². The smallest absolute Gasteiger partial charge is 0.234 e. The molecule has 4 nitrogen and oxygen atoms in total. The van der Waals surface area contributed by atoms with Crippen molar-refractivity contribution in [2.24, 2.45) is 17.6 Å². The molecular formula is C14H19N3OS. The molecular weight excluding hydrogens is 258 g/mol. The monoisotopic (exact) mass is 277 g/mol. The highest BCUT2D eigenvalue weighted by molar-refractivity contribution is 7.17. The molecule has 0 radical (unpaired) electrons. The van der Waals surface area contributed by atoms with Gasteiger partial charge in [0.1, 0.15) is 11.0 Å². The zero-order chi connectivity index (χ0) is 13.1. The van der Waals surface area contributed by atoms with Crippen LogP contribution in [-0.2, 0) is 0 Å². The van der Waals surface area contributed by atoms with E-state index in [4.69, 9.17) is 10.5 Å². The molecule has 0 spiro atoms. The van der Waals surface area contributed by atoms with Crippen LogP contribution in [0.5, 0.6) is 5.88 Å². The summed E-state index contributed by atoms with van der Waals surface area (Å²) in [4.78, 5) is 8.49. The lowest BCUT2D eigenvalue weighted by molar-refractivity contribution is 0.151. The second-order valence-corrected chi connectivity index (χ2v) is 6.08. The Balaban J connectivity index is 1.69.